The molecule has 28 heavy (non-hydrogen) atoms. The van der Waals surface area contributed by atoms with Gasteiger partial charge in [-0.1, -0.05) is 175 Å². The molecule has 0 aromatic rings. The maximum absolute atomic E-state index is 2.45. The van der Waals surface area contributed by atoms with Gasteiger partial charge in [-0.15, -0.1) is 0 Å². The van der Waals surface area contributed by atoms with Crippen molar-refractivity contribution in [2.75, 3.05) is 0 Å². The van der Waals surface area contributed by atoms with Crippen molar-refractivity contribution in [2.24, 2.45) is 5.92 Å². The molecule has 0 aliphatic heterocycles. The number of unbranched alkanes of at least 4 members (excludes halogenated alkanes) is 20. The van der Waals surface area contributed by atoms with Crippen LogP contribution >= 0.6 is 0 Å². The third kappa shape index (κ3) is 24.0. The van der Waals surface area contributed by atoms with E-state index in [0.29, 0.717) is 0 Å². The van der Waals surface area contributed by atoms with Crippen LogP contribution in [0.15, 0.2) is 0 Å². The zero-order chi connectivity index (χ0) is 20.5. The average molecular weight is 395 g/mol. The van der Waals surface area contributed by atoms with E-state index in [1.165, 1.54) is 154 Å². The quantitative estimate of drug-likeness (QED) is 0.143. The summed E-state index contributed by atoms with van der Waals surface area (Å²) in [6.45, 7) is 7.06. The van der Waals surface area contributed by atoms with Crippen molar-refractivity contribution in [3.63, 3.8) is 0 Å². The molecule has 0 aliphatic carbocycles. The van der Waals surface area contributed by atoms with E-state index in [0.717, 1.165) is 5.92 Å². The molecule has 0 unspecified atom stereocenters. The molecule has 0 aromatic heterocycles. The standard InChI is InChI=1S/C28H58/c1-4-6-8-9-10-11-12-13-14-15-16-17-18-19-20-21-22-23-24-25-27-28(3)26-7-5-2/h28H,4-27H2,1-3H3/t28-/m1/s1. The van der Waals surface area contributed by atoms with Gasteiger partial charge in [-0.05, 0) is 5.92 Å². The lowest BCUT2D eigenvalue weighted by Gasteiger charge is -2.10. The molecule has 0 aliphatic rings. The normalized spacial score (nSPS) is 12.5. The summed E-state index contributed by atoms with van der Waals surface area (Å²) in [5.74, 6) is 0.968. The van der Waals surface area contributed by atoms with Crippen LogP contribution < -0.4 is 0 Å². The van der Waals surface area contributed by atoms with E-state index in [9.17, 15) is 0 Å². The van der Waals surface area contributed by atoms with Gasteiger partial charge in [0.25, 0.3) is 0 Å². The third-order valence-electron chi connectivity index (χ3n) is 6.60. The molecule has 0 rings (SSSR count). The van der Waals surface area contributed by atoms with E-state index in [-0.39, 0.29) is 0 Å². The van der Waals surface area contributed by atoms with Gasteiger partial charge in [0.1, 0.15) is 0 Å². The van der Waals surface area contributed by atoms with E-state index in [1.54, 1.807) is 0 Å². The Labute approximate surface area is 181 Å². The van der Waals surface area contributed by atoms with Crippen LogP contribution in [0.3, 0.4) is 0 Å². The predicted molar refractivity (Wildman–Crippen MR) is 131 cm³/mol. The minimum atomic E-state index is 0.968. The SMILES string of the molecule is CCCCCCCCCCCCCCCCCCCCCC[C@H](C)CCCC. The van der Waals surface area contributed by atoms with Crippen molar-refractivity contribution in [1.29, 1.82) is 0 Å². The lowest BCUT2D eigenvalue weighted by molar-refractivity contribution is 0.440. The summed E-state index contributed by atoms with van der Waals surface area (Å²) >= 11 is 0. The Bertz CT molecular complexity index is 257. The highest BCUT2D eigenvalue weighted by atomic mass is 14.1. The first-order valence-corrected chi connectivity index (χ1v) is 13.8. The van der Waals surface area contributed by atoms with Crippen LogP contribution in [0, 0.1) is 5.92 Å². The molecule has 1 atom stereocenters. The van der Waals surface area contributed by atoms with Gasteiger partial charge in [0.15, 0.2) is 0 Å². The van der Waals surface area contributed by atoms with Crippen molar-refractivity contribution in [2.45, 2.75) is 175 Å². The molecule has 0 spiro atoms. The van der Waals surface area contributed by atoms with Crippen molar-refractivity contribution in [1.82, 2.24) is 0 Å². The maximum Gasteiger partial charge on any atom is -0.0443 e. The fourth-order valence-corrected chi connectivity index (χ4v) is 4.44. The molecule has 0 saturated heterocycles. The molecule has 0 heterocycles. The first-order chi connectivity index (χ1) is 13.8. The van der Waals surface area contributed by atoms with Gasteiger partial charge in [-0.3, -0.25) is 0 Å². The zero-order valence-corrected chi connectivity index (χ0v) is 20.5. The van der Waals surface area contributed by atoms with Gasteiger partial charge < -0.3 is 0 Å². The molecule has 0 aromatic carbocycles. The molecular formula is C28H58. The first-order valence-electron chi connectivity index (χ1n) is 13.8. The molecule has 0 nitrogen and oxygen atoms in total. The van der Waals surface area contributed by atoms with Crippen LogP contribution in [0.4, 0.5) is 0 Å². The van der Waals surface area contributed by atoms with Gasteiger partial charge in [0.05, 0.1) is 0 Å². The number of hydrogen-bond donors (Lipinski definition) is 0. The Morgan fingerprint density at radius 2 is 0.571 bits per heavy atom. The Morgan fingerprint density at radius 3 is 0.893 bits per heavy atom. The highest BCUT2D eigenvalue weighted by molar-refractivity contribution is 4.55. The summed E-state index contributed by atoms with van der Waals surface area (Å²) in [7, 11) is 0. The molecule has 0 N–H and O–H groups in total. The second-order valence-electron chi connectivity index (χ2n) is 9.75. The van der Waals surface area contributed by atoms with Crippen LogP contribution in [-0.2, 0) is 0 Å². The second-order valence-corrected chi connectivity index (χ2v) is 9.75. The van der Waals surface area contributed by atoms with Gasteiger partial charge in [0, 0.05) is 0 Å². The van der Waals surface area contributed by atoms with E-state index in [2.05, 4.69) is 20.8 Å². The van der Waals surface area contributed by atoms with Crippen molar-refractivity contribution >= 4 is 0 Å². The zero-order valence-electron chi connectivity index (χ0n) is 20.5. The average Bonchev–Trinajstić information content (AvgIpc) is 2.70. The molecular weight excluding hydrogens is 336 g/mol. The van der Waals surface area contributed by atoms with Gasteiger partial charge >= 0.3 is 0 Å². The lowest BCUT2D eigenvalue weighted by atomic mass is 9.97. The minimum absolute atomic E-state index is 0.968. The van der Waals surface area contributed by atoms with E-state index in [1.807, 2.05) is 0 Å². The summed E-state index contributed by atoms with van der Waals surface area (Å²) in [5, 5.41) is 0. The van der Waals surface area contributed by atoms with E-state index >= 15 is 0 Å². The summed E-state index contributed by atoms with van der Waals surface area (Å²) < 4.78 is 0. The Hall–Kier alpha value is 0. The molecule has 0 fully saturated rings. The van der Waals surface area contributed by atoms with Crippen LogP contribution in [0.1, 0.15) is 175 Å². The predicted octanol–water partition coefficient (Wildman–Crippen LogP) is 11.0. The summed E-state index contributed by atoms with van der Waals surface area (Å²) in [6.07, 6.45) is 35.3. The highest BCUT2D eigenvalue weighted by Crippen LogP contribution is 2.18. The summed E-state index contributed by atoms with van der Waals surface area (Å²) in [6, 6.07) is 0. The highest BCUT2D eigenvalue weighted by Gasteiger charge is 2.01. The second kappa shape index (κ2) is 25.0. The van der Waals surface area contributed by atoms with Crippen LogP contribution in [0.2, 0.25) is 0 Å². The van der Waals surface area contributed by atoms with Gasteiger partial charge in [0.2, 0.25) is 0 Å². The van der Waals surface area contributed by atoms with Gasteiger partial charge in [-0.2, -0.15) is 0 Å². The van der Waals surface area contributed by atoms with Crippen molar-refractivity contribution in [3.8, 4) is 0 Å². The van der Waals surface area contributed by atoms with Crippen LogP contribution in [0.25, 0.3) is 0 Å². The lowest BCUT2D eigenvalue weighted by Crippen LogP contribution is -1.94. The van der Waals surface area contributed by atoms with Crippen LogP contribution in [-0.4, -0.2) is 0 Å². The Balaban J connectivity index is 3.03. The Kier molecular flexibility index (Phi) is 25.0. The summed E-state index contributed by atoms with van der Waals surface area (Å²) in [4.78, 5) is 0. The molecule has 0 amide bonds. The van der Waals surface area contributed by atoms with E-state index in [4.69, 9.17) is 0 Å². The largest absolute Gasteiger partial charge is 0.0654 e. The minimum Gasteiger partial charge on any atom is -0.0654 e. The van der Waals surface area contributed by atoms with Crippen LogP contribution in [0.5, 0.6) is 0 Å². The molecule has 0 heteroatoms. The number of hydrogen-bond acceptors (Lipinski definition) is 0. The monoisotopic (exact) mass is 394 g/mol. The number of rotatable bonds is 24. The fraction of sp³-hybridized carbons (Fsp3) is 1.00. The van der Waals surface area contributed by atoms with E-state index < -0.39 is 0 Å². The van der Waals surface area contributed by atoms with Gasteiger partial charge in [-0.25, -0.2) is 0 Å². The maximum atomic E-state index is 2.45. The smallest absolute Gasteiger partial charge is 0.0443 e. The Morgan fingerprint density at radius 1 is 0.321 bits per heavy atom. The molecule has 0 radical (unpaired) electrons. The van der Waals surface area contributed by atoms with Crippen molar-refractivity contribution < 1.29 is 0 Å². The third-order valence-corrected chi connectivity index (χ3v) is 6.60. The molecule has 170 valence electrons. The first kappa shape index (κ1) is 28.0. The molecule has 0 saturated carbocycles. The van der Waals surface area contributed by atoms with Crippen molar-refractivity contribution in [3.05, 3.63) is 0 Å². The molecule has 0 bridgehead atoms. The topological polar surface area (TPSA) is 0 Å². The fourth-order valence-electron chi connectivity index (χ4n) is 4.44. The summed E-state index contributed by atoms with van der Waals surface area (Å²) in [5.41, 5.74) is 0.